The van der Waals surface area contributed by atoms with Gasteiger partial charge in [-0.2, -0.15) is 0 Å². The Balaban J connectivity index is 4.20. The van der Waals surface area contributed by atoms with Crippen molar-refractivity contribution in [3.63, 3.8) is 0 Å². The number of hydrogen-bond donors (Lipinski definition) is 2. The number of unbranched alkanes of at least 4 members (excludes halogenated alkanes) is 1. The maximum Gasteiger partial charge on any atom is 0.410 e. The van der Waals surface area contributed by atoms with E-state index in [0.29, 0.717) is 11.3 Å². The monoisotopic (exact) mass is 233 g/mol. The van der Waals surface area contributed by atoms with Gasteiger partial charge in [-0.3, -0.25) is 14.5 Å². The third kappa shape index (κ3) is 6.63. The van der Waals surface area contributed by atoms with E-state index < -0.39 is 31.1 Å². The molecule has 7 heteroatoms. The molecule has 0 rings (SSSR count). The second-order valence-electron chi connectivity index (χ2n) is 3.11. The summed E-state index contributed by atoms with van der Waals surface area (Å²) in [6, 6.07) is 0. The Morgan fingerprint density at radius 2 is 1.62 bits per heavy atom. The van der Waals surface area contributed by atoms with Gasteiger partial charge in [0.15, 0.2) is 0 Å². The smallest absolute Gasteiger partial charge is 0.410 e. The van der Waals surface area contributed by atoms with E-state index in [9.17, 15) is 14.4 Å². The highest BCUT2D eigenvalue weighted by atomic mass is 16.6. The van der Waals surface area contributed by atoms with Crippen LogP contribution in [-0.2, 0) is 14.3 Å². The highest BCUT2D eigenvalue weighted by Crippen LogP contribution is 1.97. The molecule has 0 aromatic heterocycles. The second kappa shape index (κ2) is 7.49. The topological polar surface area (TPSA) is 104 Å². The summed E-state index contributed by atoms with van der Waals surface area (Å²) in [6.45, 7) is 0.694. The van der Waals surface area contributed by atoms with E-state index in [4.69, 9.17) is 14.9 Å². The van der Waals surface area contributed by atoms with E-state index in [1.54, 1.807) is 0 Å². The zero-order valence-corrected chi connectivity index (χ0v) is 9.01. The van der Waals surface area contributed by atoms with Gasteiger partial charge in [0, 0.05) is 0 Å². The fraction of sp³-hybridized carbons (Fsp3) is 0.667. The van der Waals surface area contributed by atoms with E-state index >= 15 is 0 Å². The lowest BCUT2D eigenvalue weighted by Gasteiger charge is -2.17. The van der Waals surface area contributed by atoms with Gasteiger partial charge in [0.2, 0.25) is 0 Å². The number of carbonyl (C=O) groups is 3. The highest BCUT2D eigenvalue weighted by molar-refractivity contribution is 5.81. The molecule has 0 radical (unpaired) electrons. The van der Waals surface area contributed by atoms with Gasteiger partial charge in [-0.15, -0.1) is 0 Å². The van der Waals surface area contributed by atoms with Crippen molar-refractivity contribution in [2.24, 2.45) is 0 Å². The second-order valence-corrected chi connectivity index (χ2v) is 3.11. The van der Waals surface area contributed by atoms with Gasteiger partial charge in [-0.05, 0) is 6.42 Å². The molecule has 0 unspecified atom stereocenters. The standard InChI is InChI=1S/C9H15NO6/c1-2-3-4-16-9(15)10(5-7(11)12)6-8(13)14/h2-6H2,1H3,(H,11,12)(H,13,14). The number of amides is 1. The quantitative estimate of drug-likeness (QED) is 0.616. The van der Waals surface area contributed by atoms with Crippen molar-refractivity contribution in [2.75, 3.05) is 19.7 Å². The van der Waals surface area contributed by atoms with Crippen LogP contribution in [-0.4, -0.2) is 52.8 Å². The van der Waals surface area contributed by atoms with Crippen LogP contribution < -0.4 is 0 Å². The molecule has 0 atom stereocenters. The fourth-order valence-corrected chi connectivity index (χ4v) is 0.907. The van der Waals surface area contributed by atoms with Crippen molar-refractivity contribution in [3.05, 3.63) is 0 Å². The Morgan fingerprint density at radius 1 is 1.12 bits per heavy atom. The number of carbonyl (C=O) groups excluding carboxylic acids is 1. The van der Waals surface area contributed by atoms with Gasteiger partial charge in [-0.25, -0.2) is 4.79 Å². The Labute approximate surface area is 92.6 Å². The van der Waals surface area contributed by atoms with Crippen LogP contribution in [0, 0.1) is 0 Å². The third-order valence-electron chi connectivity index (χ3n) is 1.63. The Kier molecular flexibility index (Phi) is 6.66. The summed E-state index contributed by atoms with van der Waals surface area (Å²) in [6.07, 6.45) is 0.559. The number of carboxylic acids is 2. The lowest BCUT2D eigenvalue weighted by Crippen LogP contribution is -2.39. The van der Waals surface area contributed by atoms with Crippen LogP contribution in [0.4, 0.5) is 4.79 Å². The SMILES string of the molecule is CCCCOC(=O)N(CC(=O)O)CC(=O)O. The number of carboxylic acid groups (broad SMARTS) is 2. The molecule has 0 aliphatic rings. The molecule has 2 N–H and O–H groups in total. The molecular formula is C9H15NO6. The molecule has 0 saturated heterocycles. The molecule has 0 aliphatic heterocycles. The minimum atomic E-state index is -1.28. The van der Waals surface area contributed by atoms with E-state index in [1.807, 2.05) is 6.92 Å². The molecular weight excluding hydrogens is 218 g/mol. The number of hydrogen-bond acceptors (Lipinski definition) is 4. The first-order chi connectivity index (χ1) is 7.47. The Hall–Kier alpha value is -1.79. The van der Waals surface area contributed by atoms with E-state index in [1.165, 1.54) is 0 Å². The molecule has 92 valence electrons. The molecule has 0 heterocycles. The van der Waals surface area contributed by atoms with Gasteiger partial charge in [0.1, 0.15) is 13.1 Å². The first-order valence-corrected chi connectivity index (χ1v) is 4.82. The number of ether oxygens (including phenoxy) is 1. The lowest BCUT2D eigenvalue weighted by atomic mass is 10.4. The zero-order chi connectivity index (χ0) is 12.6. The summed E-state index contributed by atoms with van der Waals surface area (Å²) in [5.74, 6) is -2.57. The van der Waals surface area contributed by atoms with Crippen molar-refractivity contribution in [1.82, 2.24) is 4.90 Å². The van der Waals surface area contributed by atoms with E-state index in [2.05, 4.69) is 0 Å². The molecule has 0 saturated carbocycles. The van der Waals surface area contributed by atoms with E-state index in [0.717, 1.165) is 6.42 Å². The fourth-order valence-electron chi connectivity index (χ4n) is 0.907. The van der Waals surface area contributed by atoms with Crippen LogP contribution in [0.15, 0.2) is 0 Å². The van der Waals surface area contributed by atoms with Crippen molar-refractivity contribution < 1.29 is 29.3 Å². The van der Waals surface area contributed by atoms with Gasteiger partial charge in [0.05, 0.1) is 6.61 Å². The van der Waals surface area contributed by atoms with Gasteiger partial charge in [0.25, 0.3) is 0 Å². The number of rotatable bonds is 7. The third-order valence-corrected chi connectivity index (χ3v) is 1.63. The van der Waals surface area contributed by atoms with Gasteiger partial charge >= 0.3 is 18.0 Å². The predicted octanol–water partition coefficient (Wildman–Crippen LogP) is 0.394. The molecule has 0 aliphatic carbocycles. The molecule has 0 bridgehead atoms. The summed E-state index contributed by atoms with van der Waals surface area (Å²) >= 11 is 0. The number of nitrogens with zero attached hydrogens (tertiary/aromatic N) is 1. The first kappa shape index (κ1) is 14.2. The Morgan fingerprint density at radius 3 is 2.00 bits per heavy atom. The molecule has 0 spiro atoms. The number of aliphatic carboxylic acids is 2. The van der Waals surface area contributed by atoms with Crippen LogP contribution >= 0.6 is 0 Å². The van der Waals surface area contributed by atoms with Crippen LogP contribution in [0.3, 0.4) is 0 Å². The van der Waals surface area contributed by atoms with Gasteiger partial charge < -0.3 is 14.9 Å². The lowest BCUT2D eigenvalue weighted by molar-refractivity contribution is -0.141. The van der Waals surface area contributed by atoms with Crippen molar-refractivity contribution in [2.45, 2.75) is 19.8 Å². The van der Waals surface area contributed by atoms with Crippen LogP contribution in [0.1, 0.15) is 19.8 Å². The molecule has 0 aromatic rings. The molecule has 0 fully saturated rings. The molecule has 7 nitrogen and oxygen atoms in total. The minimum Gasteiger partial charge on any atom is -0.480 e. The summed E-state index contributed by atoms with van der Waals surface area (Å²) in [5, 5.41) is 16.9. The molecule has 1 amide bonds. The van der Waals surface area contributed by atoms with Crippen molar-refractivity contribution in [3.8, 4) is 0 Å². The van der Waals surface area contributed by atoms with Crippen LogP contribution in [0.25, 0.3) is 0 Å². The van der Waals surface area contributed by atoms with E-state index in [-0.39, 0.29) is 6.61 Å². The molecule has 0 aromatic carbocycles. The Bertz CT molecular complexity index is 249. The first-order valence-electron chi connectivity index (χ1n) is 4.82. The summed E-state index contributed by atoms with van der Waals surface area (Å²) < 4.78 is 4.71. The maximum absolute atomic E-state index is 11.3. The zero-order valence-electron chi connectivity index (χ0n) is 9.01. The average molecular weight is 233 g/mol. The van der Waals surface area contributed by atoms with Crippen LogP contribution in [0.2, 0.25) is 0 Å². The van der Waals surface area contributed by atoms with Gasteiger partial charge in [-0.1, -0.05) is 13.3 Å². The highest BCUT2D eigenvalue weighted by Gasteiger charge is 2.20. The maximum atomic E-state index is 11.3. The largest absolute Gasteiger partial charge is 0.480 e. The summed E-state index contributed by atoms with van der Waals surface area (Å²) in [5.41, 5.74) is 0. The van der Waals surface area contributed by atoms with Crippen molar-refractivity contribution in [1.29, 1.82) is 0 Å². The van der Waals surface area contributed by atoms with Crippen LogP contribution in [0.5, 0.6) is 0 Å². The van der Waals surface area contributed by atoms with Crippen molar-refractivity contribution >= 4 is 18.0 Å². The minimum absolute atomic E-state index is 0.158. The summed E-state index contributed by atoms with van der Waals surface area (Å²) in [7, 11) is 0. The average Bonchev–Trinajstić information content (AvgIpc) is 2.15. The summed E-state index contributed by atoms with van der Waals surface area (Å²) in [4.78, 5) is 32.7. The normalized spacial score (nSPS) is 9.56. The predicted molar refractivity (Wildman–Crippen MR) is 53.1 cm³/mol. The molecule has 16 heavy (non-hydrogen) atoms.